The zero-order valence-electron chi connectivity index (χ0n) is 14.2. The van der Waals surface area contributed by atoms with Crippen molar-refractivity contribution in [3.05, 3.63) is 45.6 Å². The van der Waals surface area contributed by atoms with Crippen molar-refractivity contribution < 1.29 is 24.2 Å². The Labute approximate surface area is 154 Å². The van der Waals surface area contributed by atoms with E-state index in [1.807, 2.05) is 0 Å². The van der Waals surface area contributed by atoms with Crippen molar-refractivity contribution >= 4 is 34.8 Å². The van der Waals surface area contributed by atoms with Gasteiger partial charge in [0.15, 0.2) is 0 Å². The van der Waals surface area contributed by atoms with Crippen LogP contribution in [0.1, 0.15) is 42.5 Å². The Hall–Kier alpha value is -2.87. The van der Waals surface area contributed by atoms with Crippen LogP contribution in [0.3, 0.4) is 0 Å². The summed E-state index contributed by atoms with van der Waals surface area (Å²) >= 11 is 0.885. The molecular formula is C18H18N2O5S. The molecule has 0 bridgehead atoms. The quantitative estimate of drug-likeness (QED) is 0.839. The summed E-state index contributed by atoms with van der Waals surface area (Å²) in [6, 6.07) is 7.73. The molecule has 7 nitrogen and oxygen atoms in total. The summed E-state index contributed by atoms with van der Waals surface area (Å²) in [4.78, 5) is 38.0. The second kappa shape index (κ2) is 7.57. The summed E-state index contributed by atoms with van der Waals surface area (Å²) in [6.45, 7) is 1.47. The predicted octanol–water partition coefficient (Wildman–Crippen LogP) is 2.94. The van der Waals surface area contributed by atoms with Crippen molar-refractivity contribution in [1.29, 1.82) is 0 Å². The van der Waals surface area contributed by atoms with Crippen LogP contribution >= 0.6 is 11.3 Å². The van der Waals surface area contributed by atoms with Crippen LogP contribution in [0.2, 0.25) is 0 Å². The van der Waals surface area contributed by atoms with E-state index in [9.17, 15) is 14.4 Å². The van der Waals surface area contributed by atoms with E-state index in [4.69, 9.17) is 9.84 Å². The molecule has 0 saturated carbocycles. The number of nitrogens with one attached hydrogen (secondary N) is 1. The highest BCUT2D eigenvalue weighted by atomic mass is 32.1. The van der Waals surface area contributed by atoms with Gasteiger partial charge in [0.25, 0.3) is 11.8 Å². The van der Waals surface area contributed by atoms with E-state index in [2.05, 4.69) is 5.32 Å². The lowest BCUT2D eigenvalue weighted by Crippen LogP contribution is -2.27. The van der Waals surface area contributed by atoms with Crippen LogP contribution in [-0.2, 0) is 0 Å². The van der Waals surface area contributed by atoms with Crippen LogP contribution in [0.5, 0.6) is 5.75 Å². The van der Waals surface area contributed by atoms with Crippen molar-refractivity contribution in [1.82, 2.24) is 4.90 Å². The Morgan fingerprint density at radius 2 is 1.81 bits per heavy atom. The first-order chi connectivity index (χ1) is 12.5. The van der Waals surface area contributed by atoms with Gasteiger partial charge in [-0.2, -0.15) is 0 Å². The molecule has 1 aliphatic rings. The summed E-state index contributed by atoms with van der Waals surface area (Å²) in [5.74, 6) is -1.19. The Morgan fingerprint density at radius 1 is 1.12 bits per heavy atom. The average Bonchev–Trinajstić information content (AvgIpc) is 3.32. The van der Waals surface area contributed by atoms with Gasteiger partial charge in [0.05, 0.1) is 17.7 Å². The highest BCUT2D eigenvalue weighted by molar-refractivity contribution is 7.15. The summed E-state index contributed by atoms with van der Waals surface area (Å²) in [5, 5.41) is 11.7. The van der Waals surface area contributed by atoms with Gasteiger partial charge < -0.3 is 20.1 Å². The Bertz CT molecular complexity index is 855. The predicted molar refractivity (Wildman–Crippen MR) is 97.4 cm³/mol. The lowest BCUT2D eigenvalue weighted by molar-refractivity contribution is 0.0701. The third-order valence-electron chi connectivity index (χ3n) is 4.13. The summed E-state index contributed by atoms with van der Waals surface area (Å²) in [6.07, 6.45) is 1.99. The van der Waals surface area contributed by atoms with E-state index in [0.29, 0.717) is 17.0 Å². The maximum Gasteiger partial charge on any atom is 0.345 e. The fourth-order valence-electron chi connectivity index (χ4n) is 2.80. The van der Waals surface area contributed by atoms with Gasteiger partial charge >= 0.3 is 5.97 Å². The van der Waals surface area contributed by atoms with E-state index in [1.54, 1.807) is 23.1 Å². The molecule has 1 saturated heterocycles. The molecule has 1 fully saturated rings. The standard InChI is InChI=1S/C18H18N2O5S/c1-25-13-5-4-11(17(22)20-8-2-3-9-20)10-12(13)19-16(21)14-6-7-15(26-14)18(23)24/h4-7,10H,2-3,8-9H2,1H3,(H,19,21)(H,23,24). The van der Waals surface area contributed by atoms with Crippen LogP contribution in [0.15, 0.2) is 30.3 Å². The number of aromatic carboxylic acids is 1. The molecule has 2 aromatic rings. The Balaban J connectivity index is 1.82. The second-order valence-electron chi connectivity index (χ2n) is 5.84. The van der Waals surface area contributed by atoms with Crippen molar-refractivity contribution in [3.63, 3.8) is 0 Å². The van der Waals surface area contributed by atoms with E-state index in [0.717, 1.165) is 37.3 Å². The fraction of sp³-hybridized carbons (Fsp3) is 0.278. The first-order valence-corrected chi connectivity index (χ1v) is 8.93. The largest absolute Gasteiger partial charge is 0.495 e. The minimum atomic E-state index is -1.08. The van der Waals surface area contributed by atoms with Crippen molar-refractivity contribution in [2.45, 2.75) is 12.8 Å². The van der Waals surface area contributed by atoms with Gasteiger partial charge in [-0.1, -0.05) is 0 Å². The topological polar surface area (TPSA) is 95.9 Å². The first kappa shape index (κ1) is 17.9. The van der Waals surface area contributed by atoms with E-state index >= 15 is 0 Å². The molecule has 0 radical (unpaired) electrons. The number of amides is 2. The number of hydrogen-bond donors (Lipinski definition) is 2. The van der Waals surface area contributed by atoms with Gasteiger partial charge in [-0.05, 0) is 43.2 Å². The molecule has 1 aromatic heterocycles. The van der Waals surface area contributed by atoms with Crippen LogP contribution < -0.4 is 10.1 Å². The smallest absolute Gasteiger partial charge is 0.345 e. The van der Waals surface area contributed by atoms with Crippen molar-refractivity contribution in [2.24, 2.45) is 0 Å². The highest BCUT2D eigenvalue weighted by Crippen LogP contribution is 2.28. The van der Waals surface area contributed by atoms with E-state index in [1.165, 1.54) is 19.2 Å². The minimum absolute atomic E-state index is 0.0788. The molecule has 2 heterocycles. The zero-order valence-corrected chi connectivity index (χ0v) is 15.0. The zero-order chi connectivity index (χ0) is 18.7. The molecule has 0 unspecified atom stereocenters. The number of thiophene rings is 1. The van der Waals surface area contributed by atoms with Crippen molar-refractivity contribution in [3.8, 4) is 5.75 Å². The minimum Gasteiger partial charge on any atom is -0.495 e. The third-order valence-corrected chi connectivity index (χ3v) is 5.20. The number of hydrogen-bond acceptors (Lipinski definition) is 5. The molecule has 3 rings (SSSR count). The number of carboxylic acid groups (broad SMARTS) is 1. The molecular weight excluding hydrogens is 356 g/mol. The maximum absolute atomic E-state index is 12.5. The van der Waals surface area contributed by atoms with Crippen LogP contribution in [0, 0.1) is 0 Å². The first-order valence-electron chi connectivity index (χ1n) is 8.11. The SMILES string of the molecule is COc1ccc(C(=O)N2CCCC2)cc1NC(=O)c1ccc(C(=O)O)s1. The van der Waals surface area contributed by atoms with E-state index in [-0.39, 0.29) is 15.7 Å². The number of carboxylic acids is 1. The summed E-state index contributed by atoms with van der Waals surface area (Å²) in [5.41, 5.74) is 0.841. The number of likely N-dealkylation sites (tertiary alicyclic amines) is 1. The number of carbonyl (C=O) groups excluding carboxylic acids is 2. The van der Waals surface area contributed by atoms with Gasteiger partial charge in [-0.3, -0.25) is 9.59 Å². The molecule has 2 amide bonds. The van der Waals surface area contributed by atoms with Crippen molar-refractivity contribution in [2.75, 3.05) is 25.5 Å². The molecule has 26 heavy (non-hydrogen) atoms. The second-order valence-corrected chi connectivity index (χ2v) is 6.92. The van der Waals surface area contributed by atoms with Crippen LogP contribution in [0.25, 0.3) is 0 Å². The van der Waals surface area contributed by atoms with Crippen LogP contribution in [0.4, 0.5) is 5.69 Å². The lowest BCUT2D eigenvalue weighted by atomic mass is 10.1. The molecule has 136 valence electrons. The number of benzene rings is 1. The number of methoxy groups -OCH3 is 1. The number of carbonyl (C=O) groups is 3. The Kier molecular flexibility index (Phi) is 5.22. The number of rotatable bonds is 5. The van der Waals surface area contributed by atoms with Gasteiger partial charge in [0, 0.05) is 18.7 Å². The Morgan fingerprint density at radius 3 is 2.42 bits per heavy atom. The van der Waals surface area contributed by atoms with Gasteiger partial charge in [-0.15, -0.1) is 11.3 Å². The number of nitrogens with zero attached hydrogens (tertiary/aromatic N) is 1. The average molecular weight is 374 g/mol. The normalized spacial score (nSPS) is 13.5. The summed E-state index contributed by atoms with van der Waals surface area (Å²) in [7, 11) is 1.47. The van der Waals surface area contributed by atoms with Crippen LogP contribution in [-0.4, -0.2) is 48.0 Å². The monoisotopic (exact) mass is 374 g/mol. The molecule has 2 N–H and O–H groups in total. The van der Waals surface area contributed by atoms with Gasteiger partial charge in [-0.25, -0.2) is 4.79 Å². The van der Waals surface area contributed by atoms with Gasteiger partial charge in [0.1, 0.15) is 10.6 Å². The highest BCUT2D eigenvalue weighted by Gasteiger charge is 2.21. The van der Waals surface area contributed by atoms with E-state index < -0.39 is 11.9 Å². The molecule has 1 aliphatic heterocycles. The third kappa shape index (κ3) is 3.70. The molecule has 8 heteroatoms. The van der Waals surface area contributed by atoms with Gasteiger partial charge in [0.2, 0.25) is 0 Å². The maximum atomic E-state index is 12.5. The molecule has 0 spiro atoms. The number of anilines is 1. The lowest BCUT2D eigenvalue weighted by Gasteiger charge is -2.17. The fourth-order valence-corrected chi connectivity index (χ4v) is 3.54. The molecule has 1 aromatic carbocycles. The summed E-state index contributed by atoms with van der Waals surface area (Å²) < 4.78 is 5.26. The molecule has 0 atom stereocenters. The number of ether oxygens (including phenoxy) is 1. The molecule has 0 aliphatic carbocycles.